The molecular weight excluding hydrogens is 242 g/mol. The van der Waals surface area contributed by atoms with Crippen LogP contribution in [0.1, 0.15) is 21.5 Å². The Labute approximate surface area is 111 Å². The van der Waals surface area contributed by atoms with E-state index in [2.05, 4.69) is 0 Å². The topological polar surface area (TPSA) is 72.5 Å². The molecule has 2 aromatic rings. The third-order valence-electron chi connectivity index (χ3n) is 2.88. The van der Waals surface area contributed by atoms with E-state index < -0.39 is 5.97 Å². The van der Waals surface area contributed by atoms with E-state index in [9.17, 15) is 4.79 Å². The third kappa shape index (κ3) is 3.04. The van der Waals surface area contributed by atoms with E-state index in [0.717, 1.165) is 11.1 Å². The number of anilines is 1. The quantitative estimate of drug-likeness (QED) is 0.826. The van der Waals surface area contributed by atoms with Gasteiger partial charge in [0.25, 0.3) is 0 Å². The summed E-state index contributed by atoms with van der Waals surface area (Å²) in [6.45, 7) is 2.30. The first kappa shape index (κ1) is 13.0. The van der Waals surface area contributed by atoms with Crippen LogP contribution >= 0.6 is 0 Å². The van der Waals surface area contributed by atoms with E-state index in [-0.39, 0.29) is 11.3 Å². The van der Waals surface area contributed by atoms with Gasteiger partial charge in [0.1, 0.15) is 17.9 Å². The van der Waals surface area contributed by atoms with Gasteiger partial charge >= 0.3 is 5.97 Å². The standard InChI is InChI=1S/C15H15NO3/c1-10-4-2-3-5-11(10)9-19-14-8-12(16)6-7-13(14)15(17)18/h2-8H,9,16H2,1H3,(H,17,18). The second-order valence-electron chi connectivity index (χ2n) is 4.28. The summed E-state index contributed by atoms with van der Waals surface area (Å²) >= 11 is 0. The monoisotopic (exact) mass is 257 g/mol. The highest BCUT2D eigenvalue weighted by atomic mass is 16.5. The maximum Gasteiger partial charge on any atom is 0.339 e. The van der Waals surface area contributed by atoms with E-state index in [1.54, 1.807) is 6.07 Å². The van der Waals surface area contributed by atoms with Gasteiger partial charge in [0.15, 0.2) is 0 Å². The smallest absolute Gasteiger partial charge is 0.339 e. The summed E-state index contributed by atoms with van der Waals surface area (Å²) in [4.78, 5) is 11.1. The number of carboxylic acid groups (broad SMARTS) is 1. The highest BCUT2D eigenvalue weighted by molar-refractivity contribution is 5.91. The Bertz CT molecular complexity index is 608. The molecule has 19 heavy (non-hydrogen) atoms. The summed E-state index contributed by atoms with van der Waals surface area (Å²) < 4.78 is 5.59. The summed E-state index contributed by atoms with van der Waals surface area (Å²) in [5.74, 6) is -0.740. The van der Waals surface area contributed by atoms with Crippen molar-refractivity contribution in [2.45, 2.75) is 13.5 Å². The Morgan fingerprint density at radius 2 is 2.00 bits per heavy atom. The second-order valence-corrected chi connectivity index (χ2v) is 4.28. The van der Waals surface area contributed by atoms with Crippen LogP contribution in [0.3, 0.4) is 0 Å². The van der Waals surface area contributed by atoms with Gasteiger partial charge in [0, 0.05) is 11.8 Å². The Hall–Kier alpha value is -2.49. The van der Waals surface area contributed by atoms with Crippen LogP contribution in [-0.2, 0) is 6.61 Å². The van der Waals surface area contributed by atoms with Crippen LogP contribution in [0.25, 0.3) is 0 Å². The van der Waals surface area contributed by atoms with Crippen molar-refractivity contribution in [3.63, 3.8) is 0 Å². The summed E-state index contributed by atoms with van der Waals surface area (Å²) in [7, 11) is 0. The molecule has 0 aliphatic rings. The average molecular weight is 257 g/mol. The van der Waals surface area contributed by atoms with Gasteiger partial charge < -0.3 is 15.6 Å². The predicted molar refractivity (Wildman–Crippen MR) is 73.3 cm³/mol. The molecule has 0 saturated carbocycles. The molecule has 98 valence electrons. The highest BCUT2D eigenvalue weighted by Crippen LogP contribution is 2.23. The number of nitrogens with two attached hydrogens (primary N) is 1. The summed E-state index contributed by atoms with van der Waals surface area (Å²) in [5, 5.41) is 9.09. The Morgan fingerprint density at radius 3 is 2.68 bits per heavy atom. The fourth-order valence-electron chi connectivity index (χ4n) is 1.76. The van der Waals surface area contributed by atoms with E-state index in [1.165, 1.54) is 12.1 Å². The molecule has 3 N–H and O–H groups in total. The van der Waals surface area contributed by atoms with E-state index >= 15 is 0 Å². The van der Waals surface area contributed by atoms with E-state index in [4.69, 9.17) is 15.6 Å². The number of benzene rings is 2. The number of rotatable bonds is 4. The maximum absolute atomic E-state index is 11.1. The van der Waals surface area contributed by atoms with Crippen molar-refractivity contribution in [1.29, 1.82) is 0 Å². The van der Waals surface area contributed by atoms with Crippen molar-refractivity contribution in [3.8, 4) is 5.75 Å². The molecular formula is C15H15NO3. The van der Waals surface area contributed by atoms with E-state index in [0.29, 0.717) is 12.3 Å². The molecule has 0 atom stereocenters. The lowest BCUT2D eigenvalue weighted by atomic mass is 10.1. The lowest BCUT2D eigenvalue weighted by molar-refractivity contribution is 0.0692. The zero-order valence-corrected chi connectivity index (χ0v) is 10.6. The number of ether oxygens (including phenoxy) is 1. The first-order chi connectivity index (χ1) is 9.08. The van der Waals surface area contributed by atoms with Crippen LogP contribution in [0.4, 0.5) is 5.69 Å². The van der Waals surface area contributed by atoms with Crippen LogP contribution in [0.15, 0.2) is 42.5 Å². The molecule has 0 spiro atoms. The molecule has 0 aromatic heterocycles. The van der Waals surface area contributed by atoms with Crippen molar-refractivity contribution in [3.05, 3.63) is 59.2 Å². The van der Waals surface area contributed by atoms with Crippen molar-refractivity contribution in [2.24, 2.45) is 0 Å². The lowest BCUT2D eigenvalue weighted by Gasteiger charge is -2.11. The number of nitrogen functional groups attached to an aromatic ring is 1. The average Bonchev–Trinajstić information content (AvgIpc) is 2.37. The first-order valence-electron chi connectivity index (χ1n) is 5.88. The zero-order chi connectivity index (χ0) is 13.8. The lowest BCUT2D eigenvalue weighted by Crippen LogP contribution is -2.05. The minimum absolute atomic E-state index is 0.114. The number of carbonyl (C=O) groups is 1. The van der Waals surface area contributed by atoms with Crippen LogP contribution < -0.4 is 10.5 Å². The SMILES string of the molecule is Cc1ccccc1COc1cc(N)ccc1C(=O)O. The van der Waals surface area contributed by atoms with Gasteiger partial charge in [-0.05, 0) is 30.2 Å². The van der Waals surface area contributed by atoms with Gasteiger partial charge in [-0.3, -0.25) is 0 Å². The molecule has 0 radical (unpaired) electrons. The van der Waals surface area contributed by atoms with Crippen molar-refractivity contribution < 1.29 is 14.6 Å². The molecule has 4 heteroatoms. The van der Waals surface area contributed by atoms with Gasteiger partial charge in [-0.25, -0.2) is 4.79 Å². The second kappa shape index (κ2) is 5.44. The molecule has 0 bridgehead atoms. The molecule has 0 aliphatic carbocycles. The number of aryl methyl sites for hydroxylation is 1. The van der Waals surface area contributed by atoms with Crippen LogP contribution in [0.2, 0.25) is 0 Å². The number of aromatic carboxylic acids is 1. The minimum Gasteiger partial charge on any atom is -0.488 e. The van der Waals surface area contributed by atoms with Gasteiger partial charge in [-0.2, -0.15) is 0 Å². The minimum atomic E-state index is -1.03. The normalized spacial score (nSPS) is 10.2. The van der Waals surface area contributed by atoms with E-state index in [1.807, 2.05) is 31.2 Å². The largest absolute Gasteiger partial charge is 0.488 e. The van der Waals surface area contributed by atoms with Crippen LogP contribution in [-0.4, -0.2) is 11.1 Å². The molecule has 0 heterocycles. The highest BCUT2D eigenvalue weighted by Gasteiger charge is 2.11. The fraction of sp³-hybridized carbons (Fsp3) is 0.133. The number of carboxylic acids is 1. The molecule has 0 unspecified atom stereocenters. The van der Waals surface area contributed by atoms with Gasteiger partial charge in [0.2, 0.25) is 0 Å². The Morgan fingerprint density at radius 1 is 1.26 bits per heavy atom. The van der Waals surface area contributed by atoms with Gasteiger partial charge in [-0.1, -0.05) is 24.3 Å². The number of hydrogen-bond acceptors (Lipinski definition) is 3. The molecule has 4 nitrogen and oxygen atoms in total. The van der Waals surface area contributed by atoms with Crippen LogP contribution in [0, 0.1) is 6.92 Å². The first-order valence-corrected chi connectivity index (χ1v) is 5.88. The van der Waals surface area contributed by atoms with Crippen molar-refractivity contribution >= 4 is 11.7 Å². The molecule has 0 amide bonds. The summed E-state index contributed by atoms with van der Waals surface area (Å²) in [5.41, 5.74) is 8.36. The zero-order valence-electron chi connectivity index (χ0n) is 10.6. The fourth-order valence-corrected chi connectivity index (χ4v) is 1.76. The molecule has 0 fully saturated rings. The third-order valence-corrected chi connectivity index (χ3v) is 2.88. The molecule has 2 aromatic carbocycles. The summed E-state index contributed by atoms with van der Waals surface area (Å²) in [6.07, 6.45) is 0. The molecule has 0 aliphatic heterocycles. The Balaban J connectivity index is 2.22. The predicted octanol–water partition coefficient (Wildman–Crippen LogP) is 2.85. The molecule has 0 saturated heterocycles. The van der Waals surface area contributed by atoms with Crippen molar-refractivity contribution in [2.75, 3.05) is 5.73 Å². The summed E-state index contributed by atoms with van der Waals surface area (Å²) in [6, 6.07) is 12.3. The van der Waals surface area contributed by atoms with Crippen molar-refractivity contribution in [1.82, 2.24) is 0 Å². The molecule has 2 rings (SSSR count). The van der Waals surface area contributed by atoms with Gasteiger partial charge in [0.05, 0.1) is 0 Å². The Kier molecular flexibility index (Phi) is 3.71. The number of hydrogen-bond donors (Lipinski definition) is 2. The van der Waals surface area contributed by atoms with Crippen LogP contribution in [0.5, 0.6) is 5.75 Å². The maximum atomic E-state index is 11.1. The van der Waals surface area contributed by atoms with Gasteiger partial charge in [-0.15, -0.1) is 0 Å².